The van der Waals surface area contributed by atoms with Gasteiger partial charge in [-0.3, -0.25) is 0 Å². The zero-order chi connectivity index (χ0) is 14.1. The van der Waals surface area contributed by atoms with Crippen molar-refractivity contribution < 1.29 is 4.74 Å². The SMILES string of the molecule is CCN1CC2CN(C)CC(C1)C2Oc1ccc(Cl)cc1.Cl.Cl. The van der Waals surface area contributed by atoms with Crippen molar-refractivity contribution in [1.29, 1.82) is 0 Å². The van der Waals surface area contributed by atoms with Crippen molar-refractivity contribution in [1.82, 2.24) is 9.80 Å². The second-order valence-electron chi connectivity index (χ2n) is 6.13. The van der Waals surface area contributed by atoms with Gasteiger partial charge in [-0.1, -0.05) is 18.5 Å². The normalized spacial score (nSPS) is 28.4. The number of hydrogen-bond acceptors (Lipinski definition) is 3. The molecule has 2 unspecified atom stereocenters. The quantitative estimate of drug-likeness (QED) is 0.814. The number of hydrogen-bond donors (Lipinski definition) is 0. The van der Waals surface area contributed by atoms with Crippen molar-refractivity contribution in [2.45, 2.75) is 13.0 Å². The van der Waals surface area contributed by atoms with Crippen LogP contribution >= 0.6 is 36.4 Å². The molecule has 2 atom stereocenters. The molecule has 2 aliphatic rings. The summed E-state index contributed by atoms with van der Waals surface area (Å²) in [5.41, 5.74) is 0. The average Bonchev–Trinajstić information content (AvgIpc) is 2.42. The van der Waals surface area contributed by atoms with Gasteiger partial charge in [-0.2, -0.15) is 0 Å². The minimum atomic E-state index is 0. The third kappa shape index (κ3) is 4.42. The molecule has 6 heteroatoms. The summed E-state index contributed by atoms with van der Waals surface area (Å²) in [5, 5.41) is 0.762. The number of fused-ring (bicyclic) bond motifs is 2. The highest BCUT2D eigenvalue weighted by Crippen LogP contribution is 2.32. The lowest BCUT2D eigenvalue weighted by Crippen LogP contribution is -2.61. The van der Waals surface area contributed by atoms with E-state index >= 15 is 0 Å². The Morgan fingerprint density at radius 2 is 1.59 bits per heavy atom. The van der Waals surface area contributed by atoms with Gasteiger partial charge in [0.2, 0.25) is 0 Å². The maximum atomic E-state index is 6.31. The Morgan fingerprint density at radius 1 is 1.05 bits per heavy atom. The number of piperidine rings is 2. The lowest BCUT2D eigenvalue weighted by atomic mass is 9.81. The summed E-state index contributed by atoms with van der Waals surface area (Å²) in [7, 11) is 2.22. The van der Waals surface area contributed by atoms with Crippen LogP contribution in [0.3, 0.4) is 0 Å². The molecule has 0 aliphatic carbocycles. The molecule has 3 rings (SSSR count). The van der Waals surface area contributed by atoms with Crippen molar-refractivity contribution in [3.63, 3.8) is 0 Å². The van der Waals surface area contributed by atoms with Gasteiger partial charge in [0.05, 0.1) is 0 Å². The first kappa shape index (κ1) is 19.9. The molecular weight excluding hydrogens is 343 g/mol. The van der Waals surface area contributed by atoms with E-state index in [1.165, 1.54) is 0 Å². The minimum Gasteiger partial charge on any atom is -0.490 e. The van der Waals surface area contributed by atoms with Crippen molar-refractivity contribution in [3.8, 4) is 5.75 Å². The number of ether oxygens (including phenoxy) is 1. The molecular formula is C16H25Cl3N2O. The van der Waals surface area contributed by atoms with Crippen LogP contribution in [0.4, 0.5) is 0 Å². The molecule has 0 saturated carbocycles. The number of nitrogens with zero attached hydrogens (tertiary/aromatic N) is 2. The van der Waals surface area contributed by atoms with Crippen LogP contribution in [0.5, 0.6) is 5.75 Å². The molecule has 0 spiro atoms. The molecule has 0 N–H and O–H groups in total. The molecule has 2 saturated heterocycles. The third-order valence-electron chi connectivity index (χ3n) is 4.54. The topological polar surface area (TPSA) is 15.7 Å². The Hall–Kier alpha value is -0.190. The van der Waals surface area contributed by atoms with Gasteiger partial charge < -0.3 is 14.5 Å². The predicted octanol–water partition coefficient (Wildman–Crippen LogP) is 3.44. The van der Waals surface area contributed by atoms with Crippen molar-refractivity contribution in [3.05, 3.63) is 29.3 Å². The Balaban J connectivity index is 0.00000121. The van der Waals surface area contributed by atoms with Crippen molar-refractivity contribution in [2.75, 3.05) is 39.8 Å². The molecule has 22 heavy (non-hydrogen) atoms. The molecule has 2 aliphatic heterocycles. The second kappa shape index (κ2) is 8.60. The smallest absolute Gasteiger partial charge is 0.119 e. The molecule has 2 heterocycles. The molecule has 1 aromatic rings. The highest BCUT2D eigenvalue weighted by molar-refractivity contribution is 6.30. The van der Waals surface area contributed by atoms with E-state index in [4.69, 9.17) is 16.3 Å². The summed E-state index contributed by atoms with van der Waals surface area (Å²) in [4.78, 5) is 5.01. The van der Waals surface area contributed by atoms with Crippen molar-refractivity contribution in [2.24, 2.45) is 11.8 Å². The van der Waals surface area contributed by atoms with Crippen LogP contribution in [0, 0.1) is 11.8 Å². The first-order chi connectivity index (χ1) is 9.65. The van der Waals surface area contributed by atoms with E-state index in [2.05, 4.69) is 23.8 Å². The molecule has 2 fully saturated rings. The number of halogens is 3. The lowest BCUT2D eigenvalue weighted by molar-refractivity contribution is -0.0572. The molecule has 0 aromatic heterocycles. The fourth-order valence-electron chi connectivity index (χ4n) is 3.65. The van der Waals surface area contributed by atoms with Gasteiger partial charge in [0.1, 0.15) is 11.9 Å². The van der Waals surface area contributed by atoms with E-state index < -0.39 is 0 Å². The Labute approximate surface area is 150 Å². The summed E-state index contributed by atoms with van der Waals surface area (Å²) in [6.45, 7) is 7.95. The van der Waals surface area contributed by atoms with E-state index in [0.717, 1.165) is 43.5 Å². The molecule has 0 amide bonds. The highest BCUT2D eigenvalue weighted by Gasteiger charge is 2.42. The molecule has 1 aromatic carbocycles. The number of rotatable bonds is 3. The standard InChI is InChI=1S/C16H23ClN2O.2ClH/c1-3-19-10-12-8-18(2)9-13(11-19)16(12)20-15-6-4-14(17)5-7-15;;/h4-7,12-13,16H,3,8-11H2,1-2H3;2*1H. The Bertz CT molecular complexity index is 441. The van der Waals surface area contributed by atoms with Gasteiger partial charge in [0, 0.05) is 43.0 Å². The van der Waals surface area contributed by atoms with E-state index in [1.807, 2.05) is 24.3 Å². The lowest BCUT2D eigenvalue weighted by Gasteiger charge is -2.49. The predicted molar refractivity (Wildman–Crippen MR) is 97.0 cm³/mol. The fourth-order valence-corrected chi connectivity index (χ4v) is 3.78. The van der Waals surface area contributed by atoms with Crippen LogP contribution in [0.25, 0.3) is 0 Å². The summed E-state index contributed by atoms with van der Waals surface area (Å²) in [6, 6.07) is 7.77. The van der Waals surface area contributed by atoms with Crippen LogP contribution < -0.4 is 4.74 Å². The van der Waals surface area contributed by atoms with E-state index in [1.54, 1.807) is 0 Å². The van der Waals surface area contributed by atoms with E-state index in [9.17, 15) is 0 Å². The van der Waals surface area contributed by atoms with Crippen LogP contribution in [0.2, 0.25) is 5.02 Å². The maximum Gasteiger partial charge on any atom is 0.119 e. The number of likely N-dealkylation sites (tertiary alicyclic amines) is 2. The third-order valence-corrected chi connectivity index (χ3v) is 4.79. The van der Waals surface area contributed by atoms with Gasteiger partial charge in [0.25, 0.3) is 0 Å². The Kier molecular flexibility index (Phi) is 7.76. The summed E-state index contributed by atoms with van der Waals surface area (Å²) in [5.74, 6) is 2.15. The van der Waals surface area contributed by atoms with Crippen LogP contribution in [-0.2, 0) is 0 Å². The van der Waals surface area contributed by atoms with Gasteiger partial charge >= 0.3 is 0 Å². The first-order valence-corrected chi connectivity index (χ1v) is 7.86. The second-order valence-corrected chi connectivity index (χ2v) is 6.57. The zero-order valence-electron chi connectivity index (χ0n) is 13.1. The van der Waals surface area contributed by atoms with Gasteiger partial charge in [-0.05, 0) is 37.9 Å². The van der Waals surface area contributed by atoms with Crippen molar-refractivity contribution >= 4 is 36.4 Å². The van der Waals surface area contributed by atoms with Gasteiger partial charge in [-0.25, -0.2) is 0 Å². The molecule has 3 nitrogen and oxygen atoms in total. The number of benzene rings is 1. The van der Waals surface area contributed by atoms with E-state index in [0.29, 0.717) is 17.9 Å². The van der Waals surface area contributed by atoms with Crippen LogP contribution in [-0.4, -0.2) is 55.7 Å². The monoisotopic (exact) mass is 366 g/mol. The first-order valence-electron chi connectivity index (χ1n) is 7.49. The largest absolute Gasteiger partial charge is 0.490 e. The molecule has 2 bridgehead atoms. The van der Waals surface area contributed by atoms with Crippen LogP contribution in [0.15, 0.2) is 24.3 Å². The van der Waals surface area contributed by atoms with Gasteiger partial charge in [-0.15, -0.1) is 24.8 Å². The van der Waals surface area contributed by atoms with Crippen LogP contribution in [0.1, 0.15) is 6.92 Å². The molecule has 126 valence electrons. The Morgan fingerprint density at radius 3 is 2.09 bits per heavy atom. The fraction of sp³-hybridized carbons (Fsp3) is 0.625. The van der Waals surface area contributed by atoms with Gasteiger partial charge in [0.15, 0.2) is 0 Å². The maximum absolute atomic E-state index is 6.31. The minimum absolute atomic E-state index is 0. The summed E-state index contributed by atoms with van der Waals surface area (Å²) in [6.07, 6.45) is 0.343. The summed E-state index contributed by atoms with van der Waals surface area (Å²) >= 11 is 5.94. The molecule has 0 radical (unpaired) electrons. The summed E-state index contributed by atoms with van der Waals surface area (Å²) < 4.78 is 6.31. The average molecular weight is 368 g/mol. The van der Waals surface area contributed by atoms with E-state index in [-0.39, 0.29) is 24.8 Å². The highest BCUT2D eigenvalue weighted by atomic mass is 35.5. The zero-order valence-corrected chi connectivity index (χ0v) is 15.5.